The summed E-state index contributed by atoms with van der Waals surface area (Å²) in [7, 11) is 0. The maximum Gasteiger partial charge on any atom is 0.149 e. The lowest BCUT2D eigenvalue weighted by Crippen LogP contribution is -1.89. The van der Waals surface area contributed by atoms with Crippen molar-refractivity contribution in [2.45, 2.75) is 0 Å². The molecular formula is C16H12BrNO. The van der Waals surface area contributed by atoms with Gasteiger partial charge in [0.25, 0.3) is 0 Å². The van der Waals surface area contributed by atoms with Gasteiger partial charge in [0, 0.05) is 11.1 Å². The lowest BCUT2D eigenvalue weighted by molar-refractivity contribution is 0.485. The predicted molar refractivity (Wildman–Crippen MR) is 82.6 cm³/mol. The number of nitrogen functional groups attached to an aromatic ring is 1. The third-order valence-corrected chi connectivity index (χ3v) is 3.56. The molecule has 94 valence electrons. The Balaban J connectivity index is 2.09. The van der Waals surface area contributed by atoms with E-state index in [9.17, 15) is 0 Å². The molecule has 3 aromatic carbocycles. The Morgan fingerprint density at radius 3 is 2.37 bits per heavy atom. The number of hydrogen-bond acceptors (Lipinski definition) is 2. The number of benzene rings is 3. The number of anilines is 1. The highest BCUT2D eigenvalue weighted by atomic mass is 79.9. The second-order valence-corrected chi connectivity index (χ2v) is 5.12. The molecule has 0 aromatic heterocycles. The SMILES string of the molecule is Nc1ccc(Oc2c(Br)ccc3ccccc23)cc1. The second kappa shape index (κ2) is 4.94. The quantitative estimate of drug-likeness (QED) is 0.677. The van der Waals surface area contributed by atoms with Crippen LogP contribution in [0.5, 0.6) is 11.5 Å². The molecule has 0 fully saturated rings. The summed E-state index contributed by atoms with van der Waals surface area (Å²) in [6.07, 6.45) is 0. The summed E-state index contributed by atoms with van der Waals surface area (Å²) in [6, 6.07) is 19.6. The molecule has 3 heteroatoms. The summed E-state index contributed by atoms with van der Waals surface area (Å²) in [6.45, 7) is 0. The van der Waals surface area contributed by atoms with Crippen molar-refractivity contribution >= 4 is 32.4 Å². The zero-order chi connectivity index (χ0) is 13.2. The average Bonchev–Trinajstić information content (AvgIpc) is 2.44. The summed E-state index contributed by atoms with van der Waals surface area (Å²) in [5.74, 6) is 1.59. The van der Waals surface area contributed by atoms with Gasteiger partial charge in [0.15, 0.2) is 0 Å². The highest BCUT2D eigenvalue weighted by Crippen LogP contribution is 2.36. The fourth-order valence-corrected chi connectivity index (χ4v) is 2.40. The minimum Gasteiger partial charge on any atom is -0.456 e. The Morgan fingerprint density at radius 1 is 0.842 bits per heavy atom. The van der Waals surface area contributed by atoms with Crippen molar-refractivity contribution in [3.8, 4) is 11.5 Å². The fraction of sp³-hybridized carbons (Fsp3) is 0. The molecule has 3 rings (SSSR count). The van der Waals surface area contributed by atoms with Gasteiger partial charge in [-0.25, -0.2) is 0 Å². The Kier molecular flexibility index (Phi) is 3.13. The van der Waals surface area contributed by atoms with E-state index in [1.54, 1.807) is 0 Å². The number of rotatable bonds is 2. The summed E-state index contributed by atoms with van der Waals surface area (Å²) < 4.78 is 6.91. The molecular weight excluding hydrogens is 302 g/mol. The van der Waals surface area contributed by atoms with Gasteiger partial charge >= 0.3 is 0 Å². The van der Waals surface area contributed by atoms with Gasteiger partial charge in [-0.05, 0) is 51.6 Å². The van der Waals surface area contributed by atoms with Crippen LogP contribution in [0.15, 0.2) is 65.1 Å². The second-order valence-electron chi connectivity index (χ2n) is 4.27. The Bertz CT molecular complexity index is 722. The molecule has 0 bridgehead atoms. The van der Waals surface area contributed by atoms with Crippen molar-refractivity contribution in [1.29, 1.82) is 0 Å². The van der Waals surface area contributed by atoms with Crippen molar-refractivity contribution in [1.82, 2.24) is 0 Å². The minimum atomic E-state index is 0.726. The van der Waals surface area contributed by atoms with Gasteiger partial charge in [-0.3, -0.25) is 0 Å². The van der Waals surface area contributed by atoms with Gasteiger partial charge in [-0.2, -0.15) is 0 Å². The van der Waals surface area contributed by atoms with Crippen molar-refractivity contribution in [3.05, 3.63) is 65.1 Å². The smallest absolute Gasteiger partial charge is 0.149 e. The van der Waals surface area contributed by atoms with Gasteiger partial charge in [0.2, 0.25) is 0 Å². The monoisotopic (exact) mass is 313 g/mol. The molecule has 0 atom stereocenters. The normalized spacial score (nSPS) is 10.6. The van der Waals surface area contributed by atoms with E-state index >= 15 is 0 Å². The van der Waals surface area contributed by atoms with Gasteiger partial charge in [-0.15, -0.1) is 0 Å². The molecule has 0 aliphatic rings. The maximum atomic E-state index is 5.97. The van der Waals surface area contributed by atoms with Gasteiger partial charge in [0.05, 0.1) is 4.47 Å². The highest BCUT2D eigenvalue weighted by Gasteiger charge is 2.08. The van der Waals surface area contributed by atoms with E-state index in [1.165, 1.54) is 0 Å². The molecule has 2 nitrogen and oxygen atoms in total. The Hall–Kier alpha value is -2.00. The summed E-state index contributed by atoms with van der Waals surface area (Å²) >= 11 is 3.54. The third-order valence-electron chi connectivity index (χ3n) is 2.93. The summed E-state index contributed by atoms with van der Waals surface area (Å²) in [5, 5.41) is 2.23. The van der Waals surface area contributed by atoms with E-state index in [0.717, 1.165) is 32.4 Å². The average molecular weight is 314 g/mol. The minimum absolute atomic E-state index is 0.726. The van der Waals surface area contributed by atoms with E-state index in [1.807, 2.05) is 48.5 Å². The van der Waals surface area contributed by atoms with Crippen molar-refractivity contribution in [3.63, 3.8) is 0 Å². The topological polar surface area (TPSA) is 35.2 Å². The molecule has 0 saturated carbocycles. The van der Waals surface area contributed by atoms with E-state index in [4.69, 9.17) is 10.5 Å². The third kappa shape index (κ3) is 2.42. The van der Waals surface area contributed by atoms with Crippen LogP contribution in [0, 0.1) is 0 Å². The van der Waals surface area contributed by atoms with Crippen molar-refractivity contribution in [2.24, 2.45) is 0 Å². The Morgan fingerprint density at radius 2 is 1.58 bits per heavy atom. The first kappa shape index (κ1) is 12.1. The van der Waals surface area contributed by atoms with Crippen molar-refractivity contribution in [2.75, 3.05) is 5.73 Å². The van der Waals surface area contributed by atoms with E-state index < -0.39 is 0 Å². The number of hydrogen-bond donors (Lipinski definition) is 1. The summed E-state index contributed by atoms with van der Waals surface area (Å²) in [4.78, 5) is 0. The molecule has 0 heterocycles. The van der Waals surface area contributed by atoms with E-state index in [0.29, 0.717) is 0 Å². The first-order valence-electron chi connectivity index (χ1n) is 5.95. The zero-order valence-electron chi connectivity index (χ0n) is 10.1. The van der Waals surface area contributed by atoms with Gasteiger partial charge in [-0.1, -0.05) is 30.3 Å². The van der Waals surface area contributed by atoms with Gasteiger partial charge in [0.1, 0.15) is 11.5 Å². The lowest BCUT2D eigenvalue weighted by Gasteiger charge is -2.11. The number of nitrogens with two attached hydrogens (primary N) is 1. The molecule has 0 unspecified atom stereocenters. The van der Waals surface area contributed by atoms with Crippen LogP contribution in [0.2, 0.25) is 0 Å². The molecule has 19 heavy (non-hydrogen) atoms. The van der Waals surface area contributed by atoms with Crippen LogP contribution < -0.4 is 10.5 Å². The van der Waals surface area contributed by atoms with Crippen LogP contribution in [0.4, 0.5) is 5.69 Å². The molecule has 0 spiro atoms. The first-order chi connectivity index (χ1) is 9.24. The van der Waals surface area contributed by atoms with Crippen LogP contribution in [0.1, 0.15) is 0 Å². The van der Waals surface area contributed by atoms with Crippen LogP contribution in [-0.4, -0.2) is 0 Å². The van der Waals surface area contributed by atoms with E-state index in [-0.39, 0.29) is 0 Å². The molecule has 0 aliphatic heterocycles. The highest BCUT2D eigenvalue weighted by molar-refractivity contribution is 9.10. The fourth-order valence-electron chi connectivity index (χ4n) is 1.97. The number of fused-ring (bicyclic) bond motifs is 1. The molecule has 0 radical (unpaired) electrons. The summed E-state index contributed by atoms with van der Waals surface area (Å²) in [5.41, 5.74) is 6.40. The Labute approximate surface area is 119 Å². The molecule has 0 amide bonds. The standard InChI is InChI=1S/C16H12BrNO/c17-15-10-5-11-3-1-2-4-14(11)16(15)19-13-8-6-12(18)7-9-13/h1-10H,18H2. The van der Waals surface area contributed by atoms with Crippen LogP contribution in [0.25, 0.3) is 10.8 Å². The molecule has 0 aliphatic carbocycles. The number of ether oxygens (including phenoxy) is 1. The maximum absolute atomic E-state index is 5.97. The lowest BCUT2D eigenvalue weighted by atomic mass is 10.1. The van der Waals surface area contributed by atoms with Crippen LogP contribution >= 0.6 is 15.9 Å². The first-order valence-corrected chi connectivity index (χ1v) is 6.74. The molecule has 0 saturated heterocycles. The molecule has 2 N–H and O–H groups in total. The van der Waals surface area contributed by atoms with Crippen molar-refractivity contribution < 1.29 is 4.74 Å². The molecule has 3 aromatic rings. The largest absolute Gasteiger partial charge is 0.456 e. The van der Waals surface area contributed by atoms with Crippen LogP contribution in [-0.2, 0) is 0 Å². The zero-order valence-corrected chi connectivity index (χ0v) is 11.7. The van der Waals surface area contributed by atoms with Gasteiger partial charge < -0.3 is 10.5 Å². The number of halogens is 1. The van der Waals surface area contributed by atoms with Crippen LogP contribution in [0.3, 0.4) is 0 Å². The van der Waals surface area contributed by atoms with E-state index in [2.05, 4.69) is 28.1 Å². The predicted octanol–water partition coefficient (Wildman–Crippen LogP) is 4.98.